The standard InChI is InChI=1S/C13H28N2O/c1-6-7-12(8-14)13(16)15(11(4)5)9-10(2)3/h10-12H,6-9,14H2,1-5H3. The summed E-state index contributed by atoms with van der Waals surface area (Å²) < 4.78 is 0. The average molecular weight is 228 g/mol. The fraction of sp³-hybridized carbons (Fsp3) is 0.923. The van der Waals surface area contributed by atoms with Crippen molar-refractivity contribution in [3.8, 4) is 0 Å². The van der Waals surface area contributed by atoms with Gasteiger partial charge in [0.15, 0.2) is 0 Å². The summed E-state index contributed by atoms with van der Waals surface area (Å²) in [7, 11) is 0. The molecular formula is C13H28N2O. The van der Waals surface area contributed by atoms with Gasteiger partial charge in [-0.3, -0.25) is 4.79 Å². The number of carbonyl (C=O) groups is 1. The van der Waals surface area contributed by atoms with E-state index in [-0.39, 0.29) is 17.9 Å². The molecule has 16 heavy (non-hydrogen) atoms. The number of hydrogen-bond acceptors (Lipinski definition) is 2. The number of carbonyl (C=O) groups excluding carboxylic acids is 1. The van der Waals surface area contributed by atoms with Gasteiger partial charge in [0, 0.05) is 19.1 Å². The second-order valence-corrected chi connectivity index (χ2v) is 5.20. The summed E-state index contributed by atoms with van der Waals surface area (Å²) in [6, 6.07) is 0.265. The molecule has 3 heteroatoms. The zero-order chi connectivity index (χ0) is 12.7. The molecule has 0 saturated carbocycles. The van der Waals surface area contributed by atoms with Crippen LogP contribution in [0.2, 0.25) is 0 Å². The van der Waals surface area contributed by atoms with E-state index in [4.69, 9.17) is 5.73 Å². The molecule has 0 aliphatic rings. The first-order valence-electron chi connectivity index (χ1n) is 6.44. The van der Waals surface area contributed by atoms with Gasteiger partial charge in [0.1, 0.15) is 0 Å². The van der Waals surface area contributed by atoms with Crippen molar-refractivity contribution in [3.05, 3.63) is 0 Å². The largest absolute Gasteiger partial charge is 0.340 e. The quantitative estimate of drug-likeness (QED) is 0.726. The van der Waals surface area contributed by atoms with Crippen molar-refractivity contribution in [1.82, 2.24) is 4.90 Å². The van der Waals surface area contributed by atoms with Crippen LogP contribution in [0.25, 0.3) is 0 Å². The molecule has 0 aromatic heterocycles. The monoisotopic (exact) mass is 228 g/mol. The Labute approximate surface area is 100 Å². The van der Waals surface area contributed by atoms with Crippen molar-refractivity contribution >= 4 is 5.91 Å². The lowest BCUT2D eigenvalue weighted by atomic mass is 10.0. The summed E-state index contributed by atoms with van der Waals surface area (Å²) >= 11 is 0. The van der Waals surface area contributed by atoms with Crippen LogP contribution in [0, 0.1) is 11.8 Å². The molecule has 0 bridgehead atoms. The van der Waals surface area contributed by atoms with E-state index in [1.54, 1.807) is 0 Å². The normalized spacial score (nSPS) is 13.2. The first-order chi connectivity index (χ1) is 7.43. The summed E-state index contributed by atoms with van der Waals surface area (Å²) in [5, 5.41) is 0. The van der Waals surface area contributed by atoms with Crippen LogP contribution in [0.15, 0.2) is 0 Å². The third kappa shape index (κ3) is 4.97. The van der Waals surface area contributed by atoms with Gasteiger partial charge >= 0.3 is 0 Å². The Morgan fingerprint density at radius 1 is 1.25 bits per heavy atom. The number of amides is 1. The van der Waals surface area contributed by atoms with E-state index < -0.39 is 0 Å². The van der Waals surface area contributed by atoms with Gasteiger partial charge in [0.05, 0.1) is 5.92 Å². The van der Waals surface area contributed by atoms with Crippen molar-refractivity contribution in [2.45, 2.75) is 53.5 Å². The highest BCUT2D eigenvalue weighted by atomic mass is 16.2. The highest BCUT2D eigenvalue weighted by Gasteiger charge is 2.24. The molecule has 3 nitrogen and oxygen atoms in total. The first kappa shape index (κ1) is 15.4. The van der Waals surface area contributed by atoms with Crippen molar-refractivity contribution < 1.29 is 4.79 Å². The SMILES string of the molecule is CCCC(CN)C(=O)N(CC(C)C)C(C)C. The molecular weight excluding hydrogens is 200 g/mol. The highest BCUT2D eigenvalue weighted by molar-refractivity contribution is 5.79. The summed E-state index contributed by atoms with van der Waals surface area (Å²) in [6.07, 6.45) is 1.91. The third-order valence-corrected chi connectivity index (χ3v) is 2.74. The van der Waals surface area contributed by atoms with Gasteiger partial charge in [-0.15, -0.1) is 0 Å². The van der Waals surface area contributed by atoms with Crippen LogP contribution < -0.4 is 5.73 Å². The van der Waals surface area contributed by atoms with E-state index in [1.165, 1.54) is 0 Å². The average Bonchev–Trinajstić information content (AvgIpc) is 2.21. The number of nitrogens with zero attached hydrogens (tertiary/aromatic N) is 1. The molecule has 1 amide bonds. The van der Waals surface area contributed by atoms with Gasteiger partial charge in [0.2, 0.25) is 5.91 Å². The Bertz CT molecular complexity index is 202. The second kappa shape index (κ2) is 7.66. The van der Waals surface area contributed by atoms with Gasteiger partial charge < -0.3 is 10.6 Å². The minimum atomic E-state index is 0.00569. The van der Waals surface area contributed by atoms with Gasteiger partial charge in [0.25, 0.3) is 0 Å². The maximum atomic E-state index is 12.3. The van der Waals surface area contributed by atoms with Crippen molar-refractivity contribution in [2.24, 2.45) is 17.6 Å². The molecule has 1 atom stereocenters. The molecule has 0 aromatic carbocycles. The van der Waals surface area contributed by atoms with E-state index in [0.717, 1.165) is 19.4 Å². The van der Waals surface area contributed by atoms with Gasteiger partial charge in [-0.2, -0.15) is 0 Å². The molecule has 0 aliphatic carbocycles. The van der Waals surface area contributed by atoms with Crippen molar-refractivity contribution in [3.63, 3.8) is 0 Å². The van der Waals surface area contributed by atoms with E-state index in [0.29, 0.717) is 12.5 Å². The van der Waals surface area contributed by atoms with E-state index in [9.17, 15) is 4.79 Å². The lowest BCUT2D eigenvalue weighted by Crippen LogP contribution is -2.44. The molecule has 0 aromatic rings. The molecule has 0 radical (unpaired) electrons. The minimum Gasteiger partial charge on any atom is -0.340 e. The summed E-state index contributed by atoms with van der Waals surface area (Å²) in [5.41, 5.74) is 5.68. The van der Waals surface area contributed by atoms with Crippen LogP contribution in [0.5, 0.6) is 0 Å². The fourth-order valence-electron chi connectivity index (χ4n) is 1.87. The first-order valence-corrected chi connectivity index (χ1v) is 6.44. The summed E-state index contributed by atoms with van der Waals surface area (Å²) in [5.74, 6) is 0.741. The minimum absolute atomic E-state index is 0.00569. The second-order valence-electron chi connectivity index (χ2n) is 5.20. The van der Waals surface area contributed by atoms with E-state index >= 15 is 0 Å². The molecule has 0 fully saturated rings. The van der Waals surface area contributed by atoms with Crippen LogP contribution in [0.3, 0.4) is 0 Å². The molecule has 0 spiro atoms. The molecule has 0 heterocycles. The van der Waals surface area contributed by atoms with Crippen molar-refractivity contribution in [2.75, 3.05) is 13.1 Å². The summed E-state index contributed by atoms with van der Waals surface area (Å²) in [6.45, 7) is 11.8. The maximum absolute atomic E-state index is 12.3. The number of nitrogens with two attached hydrogens (primary N) is 1. The zero-order valence-electron chi connectivity index (χ0n) is 11.5. The third-order valence-electron chi connectivity index (χ3n) is 2.74. The Morgan fingerprint density at radius 3 is 2.12 bits per heavy atom. The van der Waals surface area contributed by atoms with Crippen LogP contribution in [0.4, 0.5) is 0 Å². The van der Waals surface area contributed by atoms with Gasteiger partial charge in [-0.25, -0.2) is 0 Å². The number of rotatable bonds is 7. The highest BCUT2D eigenvalue weighted by Crippen LogP contribution is 2.13. The maximum Gasteiger partial charge on any atom is 0.227 e. The molecule has 0 rings (SSSR count). The topological polar surface area (TPSA) is 46.3 Å². The van der Waals surface area contributed by atoms with Crippen LogP contribution in [-0.2, 0) is 4.79 Å². The number of hydrogen-bond donors (Lipinski definition) is 1. The lowest BCUT2D eigenvalue weighted by molar-refractivity contribution is -0.137. The molecule has 1 unspecified atom stereocenters. The predicted octanol–water partition coefficient (Wildman–Crippen LogP) is 2.25. The van der Waals surface area contributed by atoms with Crippen LogP contribution in [0.1, 0.15) is 47.5 Å². The molecule has 2 N–H and O–H groups in total. The lowest BCUT2D eigenvalue weighted by Gasteiger charge is -2.31. The van der Waals surface area contributed by atoms with Gasteiger partial charge in [-0.05, 0) is 26.2 Å². The Kier molecular flexibility index (Phi) is 7.39. The molecule has 0 saturated heterocycles. The van der Waals surface area contributed by atoms with Crippen LogP contribution >= 0.6 is 0 Å². The summed E-state index contributed by atoms with van der Waals surface area (Å²) in [4.78, 5) is 14.3. The molecule has 0 aliphatic heterocycles. The predicted molar refractivity (Wildman–Crippen MR) is 69.1 cm³/mol. The van der Waals surface area contributed by atoms with Crippen LogP contribution in [-0.4, -0.2) is 29.9 Å². The Balaban J connectivity index is 4.57. The van der Waals surface area contributed by atoms with Crippen molar-refractivity contribution in [1.29, 1.82) is 0 Å². The van der Waals surface area contributed by atoms with E-state index in [1.807, 2.05) is 4.90 Å². The fourth-order valence-corrected chi connectivity index (χ4v) is 1.87. The Morgan fingerprint density at radius 2 is 1.81 bits per heavy atom. The van der Waals surface area contributed by atoms with E-state index in [2.05, 4.69) is 34.6 Å². The van der Waals surface area contributed by atoms with Gasteiger partial charge in [-0.1, -0.05) is 27.2 Å². The smallest absolute Gasteiger partial charge is 0.227 e. The zero-order valence-corrected chi connectivity index (χ0v) is 11.5. The molecule has 96 valence electrons. The Hall–Kier alpha value is -0.570.